The van der Waals surface area contributed by atoms with E-state index >= 15 is 0 Å². The Kier molecular flexibility index (Phi) is 10.3. The first-order valence-electron chi connectivity index (χ1n) is 12.6. The van der Waals surface area contributed by atoms with Crippen molar-refractivity contribution in [3.8, 4) is 11.4 Å². The molecular formula is C27H37N3O5S. The van der Waals surface area contributed by atoms with Gasteiger partial charge in [-0.05, 0) is 63.3 Å². The van der Waals surface area contributed by atoms with Crippen LogP contribution in [0.15, 0.2) is 47.6 Å². The number of fused-ring (bicyclic) bond motifs is 1. The molecule has 0 aliphatic rings. The van der Waals surface area contributed by atoms with E-state index in [-0.39, 0.29) is 16.8 Å². The normalized spacial score (nSPS) is 11.6. The third-order valence-corrected chi connectivity index (χ3v) is 7.58. The number of hydrogen-bond donors (Lipinski definition) is 1. The number of nitrogens with one attached hydrogen (secondary N) is 1. The van der Waals surface area contributed by atoms with Crippen LogP contribution in [0.1, 0.15) is 51.0 Å². The molecule has 0 saturated heterocycles. The summed E-state index contributed by atoms with van der Waals surface area (Å²) in [6, 6.07) is 13.2. The van der Waals surface area contributed by atoms with Crippen LogP contribution in [-0.2, 0) is 19.4 Å². The van der Waals surface area contributed by atoms with Gasteiger partial charge in [-0.3, -0.25) is 9.36 Å². The van der Waals surface area contributed by atoms with Gasteiger partial charge in [0, 0.05) is 38.4 Å². The molecule has 1 amide bonds. The van der Waals surface area contributed by atoms with Crippen molar-refractivity contribution in [1.29, 1.82) is 0 Å². The van der Waals surface area contributed by atoms with E-state index in [4.69, 9.17) is 9.47 Å². The summed E-state index contributed by atoms with van der Waals surface area (Å²) in [4.78, 5) is 16.3. The summed E-state index contributed by atoms with van der Waals surface area (Å²) < 4.78 is 38.7. The molecule has 3 aromatic rings. The zero-order valence-electron chi connectivity index (χ0n) is 21.5. The van der Waals surface area contributed by atoms with Gasteiger partial charge in [0.25, 0.3) is 0 Å². The fourth-order valence-corrected chi connectivity index (χ4v) is 5.36. The molecule has 36 heavy (non-hydrogen) atoms. The summed E-state index contributed by atoms with van der Waals surface area (Å²) in [5.41, 5.74) is 3.13. The van der Waals surface area contributed by atoms with Gasteiger partial charge in [-0.25, -0.2) is 13.4 Å². The molecule has 0 radical (unpaired) electrons. The molecule has 1 aromatic heterocycles. The molecular weight excluding hydrogens is 478 g/mol. The Morgan fingerprint density at radius 2 is 1.81 bits per heavy atom. The minimum atomic E-state index is -3.55. The lowest BCUT2D eigenvalue weighted by Crippen LogP contribution is -2.24. The molecule has 1 N–H and O–H groups in total. The first kappa shape index (κ1) is 27.7. The van der Waals surface area contributed by atoms with E-state index in [2.05, 4.69) is 10.3 Å². The second-order valence-electron chi connectivity index (χ2n) is 8.89. The van der Waals surface area contributed by atoms with E-state index in [1.165, 1.54) is 0 Å². The number of aromatic nitrogens is 2. The number of carbonyl (C=O) groups is 1. The van der Waals surface area contributed by atoms with Crippen molar-refractivity contribution in [2.75, 3.05) is 32.6 Å². The highest BCUT2D eigenvalue weighted by atomic mass is 32.2. The molecule has 3 rings (SSSR count). The standard InChI is InChI=1S/C27H37N3O5S/c1-4-19-36(32,33)27-29-24-15-14-23(20-25(24)30(27)22-12-10-21(2)11-13-22)35-18-7-5-6-9-26(31)28-16-8-17-34-3/h10-15,20H,4-9,16-19H2,1-3H3,(H,28,31). The van der Waals surface area contributed by atoms with Gasteiger partial charge in [0.1, 0.15) is 5.75 Å². The van der Waals surface area contributed by atoms with Crippen molar-refractivity contribution in [3.63, 3.8) is 0 Å². The maximum atomic E-state index is 13.0. The second-order valence-corrected chi connectivity index (χ2v) is 10.9. The number of benzene rings is 2. The summed E-state index contributed by atoms with van der Waals surface area (Å²) >= 11 is 0. The molecule has 0 aliphatic heterocycles. The van der Waals surface area contributed by atoms with Gasteiger partial charge in [-0.1, -0.05) is 24.6 Å². The highest BCUT2D eigenvalue weighted by molar-refractivity contribution is 7.91. The highest BCUT2D eigenvalue weighted by Crippen LogP contribution is 2.29. The Labute approximate surface area is 213 Å². The zero-order chi connectivity index (χ0) is 26.0. The molecule has 0 bridgehead atoms. The van der Waals surface area contributed by atoms with Crippen LogP contribution in [-0.4, -0.2) is 56.5 Å². The van der Waals surface area contributed by atoms with Gasteiger partial charge in [0.15, 0.2) is 0 Å². The van der Waals surface area contributed by atoms with E-state index in [0.717, 1.165) is 36.9 Å². The monoisotopic (exact) mass is 515 g/mol. The van der Waals surface area contributed by atoms with Gasteiger partial charge < -0.3 is 14.8 Å². The van der Waals surface area contributed by atoms with Crippen molar-refractivity contribution in [2.45, 2.75) is 57.5 Å². The van der Waals surface area contributed by atoms with Gasteiger partial charge in [-0.15, -0.1) is 0 Å². The smallest absolute Gasteiger partial charge is 0.233 e. The predicted molar refractivity (Wildman–Crippen MR) is 142 cm³/mol. The number of sulfone groups is 1. The van der Waals surface area contributed by atoms with Crippen molar-refractivity contribution < 1.29 is 22.7 Å². The van der Waals surface area contributed by atoms with Gasteiger partial charge in [-0.2, -0.15) is 0 Å². The topological polar surface area (TPSA) is 99.5 Å². The number of amides is 1. The summed E-state index contributed by atoms with van der Waals surface area (Å²) in [7, 11) is -1.90. The predicted octanol–water partition coefficient (Wildman–Crippen LogP) is 4.61. The van der Waals surface area contributed by atoms with Crippen molar-refractivity contribution in [3.05, 3.63) is 48.0 Å². The number of ether oxygens (including phenoxy) is 2. The molecule has 1 heterocycles. The van der Waals surface area contributed by atoms with Crippen LogP contribution < -0.4 is 10.1 Å². The molecule has 8 nitrogen and oxygen atoms in total. The molecule has 2 aromatic carbocycles. The third-order valence-electron chi connectivity index (χ3n) is 5.80. The van der Waals surface area contributed by atoms with Crippen molar-refractivity contribution in [2.24, 2.45) is 0 Å². The molecule has 0 aliphatic carbocycles. The van der Waals surface area contributed by atoms with Crippen molar-refractivity contribution in [1.82, 2.24) is 14.9 Å². The number of methoxy groups -OCH3 is 1. The molecule has 0 unspecified atom stereocenters. The fourth-order valence-electron chi connectivity index (χ4n) is 3.92. The van der Waals surface area contributed by atoms with E-state index < -0.39 is 9.84 Å². The van der Waals surface area contributed by atoms with Gasteiger partial charge in [0.2, 0.25) is 20.9 Å². The first-order valence-corrected chi connectivity index (χ1v) is 14.2. The van der Waals surface area contributed by atoms with Gasteiger partial charge in [0.05, 0.1) is 23.4 Å². The number of aryl methyl sites for hydroxylation is 1. The van der Waals surface area contributed by atoms with Crippen LogP contribution in [0.3, 0.4) is 0 Å². The lowest BCUT2D eigenvalue weighted by atomic mass is 10.2. The SMILES string of the molecule is CCCS(=O)(=O)c1nc2ccc(OCCCCCC(=O)NCCCOC)cc2n1-c1ccc(C)cc1. The number of carbonyl (C=O) groups excluding carboxylic acids is 1. The van der Waals surface area contributed by atoms with Crippen LogP contribution >= 0.6 is 0 Å². The van der Waals surface area contributed by atoms with E-state index in [9.17, 15) is 13.2 Å². The average molecular weight is 516 g/mol. The molecule has 0 saturated carbocycles. The third kappa shape index (κ3) is 7.54. The molecule has 0 fully saturated rings. The number of hydrogen-bond acceptors (Lipinski definition) is 6. The number of unbranched alkanes of at least 4 members (excludes halogenated alkanes) is 2. The van der Waals surface area contributed by atoms with E-state index in [0.29, 0.717) is 49.4 Å². The summed E-state index contributed by atoms with van der Waals surface area (Å²) in [6.45, 7) is 5.63. The first-order chi connectivity index (χ1) is 17.4. The number of nitrogens with zero attached hydrogens (tertiary/aromatic N) is 2. The Balaban J connectivity index is 1.65. The fraction of sp³-hybridized carbons (Fsp3) is 0.481. The van der Waals surface area contributed by atoms with E-state index in [1.807, 2.05) is 50.2 Å². The summed E-state index contributed by atoms with van der Waals surface area (Å²) in [6.07, 6.45) is 4.34. The maximum absolute atomic E-state index is 13.0. The Morgan fingerprint density at radius 3 is 2.53 bits per heavy atom. The lowest BCUT2D eigenvalue weighted by molar-refractivity contribution is -0.121. The van der Waals surface area contributed by atoms with Crippen LogP contribution in [0.5, 0.6) is 5.75 Å². The van der Waals surface area contributed by atoms with Crippen molar-refractivity contribution >= 4 is 26.8 Å². The number of imidazole rings is 1. The van der Waals surface area contributed by atoms with Gasteiger partial charge >= 0.3 is 0 Å². The largest absolute Gasteiger partial charge is 0.494 e. The molecule has 9 heteroatoms. The minimum absolute atomic E-state index is 0.0384. The number of rotatable bonds is 15. The second kappa shape index (κ2) is 13.4. The van der Waals surface area contributed by atoms with Crippen LogP contribution in [0, 0.1) is 6.92 Å². The lowest BCUT2D eigenvalue weighted by Gasteiger charge is -2.11. The van der Waals surface area contributed by atoms with Crippen LogP contribution in [0.4, 0.5) is 0 Å². The summed E-state index contributed by atoms with van der Waals surface area (Å²) in [5, 5.41) is 2.95. The Morgan fingerprint density at radius 1 is 1.03 bits per heavy atom. The van der Waals surface area contributed by atoms with E-state index in [1.54, 1.807) is 17.7 Å². The highest BCUT2D eigenvalue weighted by Gasteiger charge is 2.24. The van der Waals surface area contributed by atoms with Crippen LogP contribution in [0.25, 0.3) is 16.7 Å². The summed E-state index contributed by atoms with van der Waals surface area (Å²) in [5.74, 6) is 0.762. The minimum Gasteiger partial charge on any atom is -0.494 e. The Hall–Kier alpha value is -2.91. The quantitative estimate of drug-likeness (QED) is 0.297. The molecule has 0 atom stereocenters. The maximum Gasteiger partial charge on any atom is 0.233 e. The molecule has 0 spiro atoms. The zero-order valence-corrected chi connectivity index (χ0v) is 22.3. The average Bonchev–Trinajstić information content (AvgIpc) is 3.24. The van der Waals surface area contributed by atoms with Crippen LogP contribution in [0.2, 0.25) is 0 Å². The Bertz CT molecular complexity index is 1240. The molecule has 196 valence electrons.